The van der Waals surface area contributed by atoms with Crippen molar-refractivity contribution in [3.8, 4) is 11.5 Å². The summed E-state index contributed by atoms with van der Waals surface area (Å²) >= 11 is 0. The average molecular weight is 298 g/mol. The lowest BCUT2D eigenvalue weighted by atomic mass is 10.1. The van der Waals surface area contributed by atoms with Gasteiger partial charge in [0.25, 0.3) is 5.69 Å². The van der Waals surface area contributed by atoms with Crippen molar-refractivity contribution in [2.45, 2.75) is 26.5 Å². The summed E-state index contributed by atoms with van der Waals surface area (Å²) in [6.45, 7) is 3.04. The van der Waals surface area contributed by atoms with E-state index in [-0.39, 0.29) is 36.4 Å². The largest absolute Gasteiger partial charge is 0.493 e. The van der Waals surface area contributed by atoms with Gasteiger partial charge in [0.05, 0.1) is 24.2 Å². The van der Waals surface area contributed by atoms with Gasteiger partial charge in [0.1, 0.15) is 0 Å². The van der Waals surface area contributed by atoms with Crippen molar-refractivity contribution in [1.29, 1.82) is 0 Å². The third-order valence-electron chi connectivity index (χ3n) is 2.49. The monoisotopic (exact) mass is 298 g/mol. The maximum atomic E-state index is 11.4. The van der Waals surface area contributed by atoms with Gasteiger partial charge in [-0.2, -0.15) is 0 Å². The molecule has 0 aromatic heterocycles. The molecule has 0 atom stereocenters. The third-order valence-corrected chi connectivity index (χ3v) is 2.49. The summed E-state index contributed by atoms with van der Waals surface area (Å²) in [4.78, 5) is 21.8. The quantitative estimate of drug-likeness (QED) is 0.459. The number of carbonyl (C=O) groups is 1. The van der Waals surface area contributed by atoms with E-state index in [1.807, 2.05) is 0 Å². The zero-order chi connectivity index (χ0) is 16.0. The number of nitrogens with two attached hydrogens (primary N) is 1. The fourth-order valence-corrected chi connectivity index (χ4v) is 1.63. The Bertz CT molecular complexity index is 530. The molecule has 0 aliphatic carbocycles. The Morgan fingerprint density at radius 1 is 1.38 bits per heavy atom. The van der Waals surface area contributed by atoms with Gasteiger partial charge in [-0.15, -0.1) is 0 Å². The smallest absolute Gasteiger partial charge is 0.344 e. The highest BCUT2D eigenvalue weighted by Crippen LogP contribution is 2.34. The molecule has 116 valence electrons. The summed E-state index contributed by atoms with van der Waals surface area (Å²) in [5.74, 6) is -0.224. The molecule has 1 aromatic carbocycles. The SMILES string of the molecule is COc1cc(CN)c([N+](=O)[O-])cc1OCC(=O)OC(C)C. The average Bonchev–Trinajstić information content (AvgIpc) is 2.43. The number of nitro benzene ring substituents is 1. The van der Waals surface area contributed by atoms with Crippen LogP contribution in [0.4, 0.5) is 5.69 Å². The molecular formula is C13H18N2O6. The summed E-state index contributed by atoms with van der Waals surface area (Å²) in [5, 5.41) is 11.0. The maximum Gasteiger partial charge on any atom is 0.344 e. The first kappa shape index (κ1) is 16.7. The number of nitro groups is 1. The van der Waals surface area contributed by atoms with Gasteiger partial charge >= 0.3 is 5.97 Å². The van der Waals surface area contributed by atoms with Crippen LogP contribution in [0.25, 0.3) is 0 Å². The van der Waals surface area contributed by atoms with Gasteiger partial charge in [0.15, 0.2) is 18.1 Å². The van der Waals surface area contributed by atoms with Gasteiger partial charge in [0, 0.05) is 12.1 Å². The Morgan fingerprint density at radius 3 is 2.52 bits per heavy atom. The Morgan fingerprint density at radius 2 is 2.05 bits per heavy atom. The summed E-state index contributed by atoms with van der Waals surface area (Å²) in [6.07, 6.45) is -0.267. The number of methoxy groups -OCH3 is 1. The summed E-state index contributed by atoms with van der Waals surface area (Å²) < 4.78 is 15.2. The summed E-state index contributed by atoms with van der Waals surface area (Å²) in [6, 6.07) is 2.60. The lowest BCUT2D eigenvalue weighted by molar-refractivity contribution is -0.385. The highest BCUT2D eigenvalue weighted by Gasteiger charge is 2.19. The van der Waals surface area contributed by atoms with E-state index in [1.54, 1.807) is 13.8 Å². The van der Waals surface area contributed by atoms with Crippen molar-refractivity contribution in [1.82, 2.24) is 0 Å². The van der Waals surface area contributed by atoms with Crippen LogP contribution in [0.15, 0.2) is 12.1 Å². The molecule has 0 saturated carbocycles. The lowest BCUT2D eigenvalue weighted by Gasteiger charge is -2.13. The van der Waals surface area contributed by atoms with Gasteiger partial charge in [0.2, 0.25) is 0 Å². The minimum absolute atomic E-state index is 0.0116. The molecule has 8 heteroatoms. The fraction of sp³-hybridized carbons (Fsp3) is 0.462. The van der Waals surface area contributed by atoms with Crippen molar-refractivity contribution in [3.05, 3.63) is 27.8 Å². The first-order valence-electron chi connectivity index (χ1n) is 6.26. The van der Waals surface area contributed by atoms with E-state index in [9.17, 15) is 14.9 Å². The van der Waals surface area contributed by atoms with E-state index in [1.165, 1.54) is 19.2 Å². The van der Waals surface area contributed by atoms with Crippen LogP contribution in [-0.2, 0) is 16.1 Å². The van der Waals surface area contributed by atoms with E-state index in [0.717, 1.165) is 0 Å². The molecule has 1 aromatic rings. The van der Waals surface area contributed by atoms with Crippen molar-refractivity contribution >= 4 is 11.7 Å². The molecule has 0 unspecified atom stereocenters. The molecule has 8 nitrogen and oxygen atoms in total. The molecule has 0 bridgehead atoms. The number of rotatable bonds is 7. The van der Waals surface area contributed by atoms with Crippen molar-refractivity contribution in [3.63, 3.8) is 0 Å². The Kier molecular flexibility index (Phi) is 5.92. The molecule has 2 N–H and O–H groups in total. The van der Waals surface area contributed by atoms with Gasteiger partial charge in [-0.1, -0.05) is 0 Å². The second kappa shape index (κ2) is 7.44. The van der Waals surface area contributed by atoms with E-state index in [2.05, 4.69) is 0 Å². The molecule has 0 spiro atoms. The minimum atomic E-state index is -0.572. The number of hydrogen-bond donors (Lipinski definition) is 1. The highest BCUT2D eigenvalue weighted by atomic mass is 16.6. The van der Waals surface area contributed by atoms with Crippen molar-refractivity contribution in [2.75, 3.05) is 13.7 Å². The Hall–Kier alpha value is -2.35. The molecule has 0 radical (unpaired) electrons. The second-order valence-electron chi connectivity index (χ2n) is 4.42. The number of carbonyl (C=O) groups excluding carboxylic acids is 1. The van der Waals surface area contributed by atoms with Crippen molar-refractivity contribution < 1.29 is 23.9 Å². The number of nitrogens with zero attached hydrogens (tertiary/aromatic N) is 1. The van der Waals surface area contributed by atoms with Crippen molar-refractivity contribution in [2.24, 2.45) is 5.73 Å². The van der Waals surface area contributed by atoms with Gasteiger partial charge in [-0.05, 0) is 19.9 Å². The first-order chi connectivity index (χ1) is 9.88. The Labute approximate surface area is 121 Å². The van der Waals surface area contributed by atoms with Crippen LogP contribution >= 0.6 is 0 Å². The van der Waals surface area contributed by atoms with Gasteiger partial charge in [-0.25, -0.2) is 4.79 Å². The molecule has 0 aliphatic rings. The van der Waals surface area contributed by atoms with Crippen LogP contribution < -0.4 is 15.2 Å². The molecular weight excluding hydrogens is 280 g/mol. The number of hydrogen-bond acceptors (Lipinski definition) is 7. The van der Waals surface area contributed by atoms with E-state index in [4.69, 9.17) is 19.9 Å². The van der Waals surface area contributed by atoms with Crippen LogP contribution in [0.1, 0.15) is 19.4 Å². The van der Waals surface area contributed by atoms with Crippen LogP contribution in [0.3, 0.4) is 0 Å². The molecule has 1 rings (SSSR count). The molecule has 0 amide bonds. The second-order valence-corrected chi connectivity index (χ2v) is 4.42. The van der Waals surface area contributed by atoms with Crippen LogP contribution in [0, 0.1) is 10.1 Å². The van der Waals surface area contributed by atoms with E-state index < -0.39 is 10.9 Å². The zero-order valence-electron chi connectivity index (χ0n) is 12.1. The topological polar surface area (TPSA) is 114 Å². The van der Waals surface area contributed by atoms with Crippen LogP contribution in [-0.4, -0.2) is 30.7 Å². The number of esters is 1. The molecule has 0 aliphatic heterocycles. The third kappa shape index (κ3) is 4.60. The standard InChI is InChI=1S/C13H18N2O6/c1-8(2)21-13(16)7-20-12-5-10(15(17)18)9(6-14)4-11(12)19-3/h4-5,8H,6-7,14H2,1-3H3. The molecule has 0 heterocycles. The minimum Gasteiger partial charge on any atom is -0.493 e. The summed E-state index contributed by atoms with van der Waals surface area (Å²) in [5.41, 5.74) is 5.59. The van der Waals surface area contributed by atoms with E-state index in [0.29, 0.717) is 5.56 Å². The highest BCUT2D eigenvalue weighted by molar-refractivity contribution is 5.71. The normalized spacial score (nSPS) is 10.3. The zero-order valence-corrected chi connectivity index (χ0v) is 12.1. The van der Waals surface area contributed by atoms with Crippen LogP contribution in [0.2, 0.25) is 0 Å². The summed E-state index contributed by atoms with van der Waals surface area (Å²) in [7, 11) is 1.39. The first-order valence-corrected chi connectivity index (χ1v) is 6.26. The van der Waals surface area contributed by atoms with Gasteiger partial charge in [-0.3, -0.25) is 10.1 Å². The van der Waals surface area contributed by atoms with Gasteiger partial charge < -0.3 is 19.9 Å². The predicted molar refractivity (Wildman–Crippen MR) is 74.3 cm³/mol. The Balaban J connectivity index is 2.97. The number of ether oxygens (including phenoxy) is 3. The molecule has 21 heavy (non-hydrogen) atoms. The van der Waals surface area contributed by atoms with Crippen LogP contribution in [0.5, 0.6) is 11.5 Å². The fourth-order valence-electron chi connectivity index (χ4n) is 1.63. The number of benzene rings is 1. The molecule has 0 saturated heterocycles. The molecule has 0 fully saturated rings. The maximum absolute atomic E-state index is 11.4. The predicted octanol–water partition coefficient (Wildman–Crippen LogP) is 1.39. The van der Waals surface area contributed by atoms with E-state index >= 15 is 0 Å². The lowest BCUT2D eigenvalue weighted by Crippen LogP contribution is -2.19.